The van der Waals surface area contributed by atoms with Gasteiger partial charge in [-0.05, 0) is 60.0 Å². The third-order valence-corrected chi connectivity index (χ3v) is 7.73. The minimum atomic E-state index is -0.954. The third kappa shape index (κ3) is 3.58. The molecule has 10 heteroatoms. The number of hydrogen-bond acceptors (Lipinski definition) is 6. The van der Waals surface area contributed by atoms with Crippen LogP contribution in [0, 0.1) is 28.9 Å². The fourth-order valence-corrected chi connectivity index (χ4v) is 5.97. The number of carbonyl (C=O) groups is 3. The zero-order valence-corrected chi connectivity index (χ0v) is 20.8. The standard InChI is InChI=1S/C28H21ClN4O5/c1-15-14-19(33(37)38)10-11-21(15)32-27(35)22-23(28(32)36)25(26(34)30-18-8-6-17(29)7-9-18)31-13-12-16-4-2-3-5-20(16)24(22)31/h2-14,22-25H,1H3,(H,30,34). The van der Waals surface area contributed by atoms with Gasteiger partial charge in [0.2, 0.25) is 17.7 Å². The van der Waals surface area contributed by atoms with Crippen molar-refractivity contribution in [1.82, 2.24) is 4.90 Å². The Hall–Kier alpha value is -4.50. The maximum Gasteiger partial charge on any atom is 0.269 e. The molecule has 3 aliphatic rings. The van der Waals surface area contributed by atoms with E-state index in [1.165, 1.54) is 18.2 Å². The number of benzene rings is 3. The molecule has 0 bridgehead atoms. The lowest BCUT2D eigenvalue weighted by atomic mass is 9.84. The Kier molecular flexibility index (Phi) is 5.53. The second-order valence-corrected chi connectivity index (χ2v) is 10.0. The molecule has 190 valence electrons. The lowest BCUT2D eigenvalue weighted by Crippen LogP contribution is -2.46. The van der Waals surface area contributed by atoms with Gasteiger partial charge in [-0.15, -0.1) is 0 Å². The minimum Gasteiger partial charge on any atom is -0.357 e. The number of aryl methyl sites for hydroxylation is 1. The Balaban J connectivity index is 1.43. The van der Waals surface area contributed by atoms with Gasteiger partial charge < -0.3 is 10.2 Å². The smallest absolute Gasteiger partial charge is 0.269 e. The predicted molar refractivity (Wildman–Crippen MR) is 141 cm³/mol. The Morgan fingerprint density at radius 1 is 1.00 bits per heavy atom. The summed E-state index contributed by atoms with van der Waals surface area (Å²) in [6, 6.07) is 16.8. The Morgan fingerprint density at radius 3 is 2.42 bits per heavy atom. The number of anilines is 2. The molecule has 0 aromatic heterocycles. The average Bonchev–Trinajstić information content (AvgIpc) is 3.38. The van der Waals surface area contributed by atoms with Crippen LogP contribution in [-0.4, -0.2) is 33.6 Å². The van der Waals surface area contributed by atoms with Gasteiger partial charge in [-0.3, -0.25) is 24.5 Å². The van der Waals surface area contributed by atoms with Gasteiger partial charge in [-0.25, -0.2) is 4.90 Å². The Bertz CT molecular complexity index is 1550. The monoisotopic (exact) mass is 528 g/mol. The van der Waals surface area contributed by atoms with Crippen LogP contribution in [-0.2, 0) is 14.4 Å². The highest BCUT2D eigenvalue weighted by atomic mass is 35.5. The molecular weight excluding hydrogens is 508 g/mol. The third-order valence-electron chi connectivity index (χ3n) is 7.47. The van der Waals surface area contributed by atoms with Crippen LogP contribution in [0.15, 0.2) is 72.9 Å². The fraction of sp³-hybridized carbons (Fsp3) is 0.179. The quantitative estimate of drug-likeness (QED) is 0.298. The summed E-state index contributed by atoms with van der Waals surface area (Å²) < 4.78 is 0. The normalized spacial score (nSPS) is 23.2. The molecule has 3 heterocycles. The van der Waals surface area contributed by atoms with Gasteiger partial charge in [-0.1, -0.05) is 35.9 Å². The van der Waals surface area contributed by atoms with E-state index in [4.69, 9.17) is 11.6 Å². The first-order chi connectivity index (χ1) is 18.3. The molecule has 2 fully saturated rings. The Morgan fingerprint density at radius 2 is 1.71 bits per heavy atom. The average molecular weight is 529 g/mol. The number of non-ortho nitro benzene ring substituents is 1. The fourth-order valence-electron chi connectivity index (χ4n) is 5.85. The van der Waals surface area contributed by atoms with Gasteiger partial charge in [0.25, 0.3) is 5.69 Å². The van der Waals surface area contributed by atoms with Crippen molar-refractivity contribution < 1.29 is 19.3 Å². The number of nitro groups is 1. The number of carbonyl (C=O) groups excluding carboxylic acids is 3. The second kappa shape index (κ2) is 8.81. The highest BCUT2D eigenvalue weighted by molar-refractivity contribution is 6.30. The molecular formula is C28H21ClN4O5. The van der Waals surface area contributed by atoms with E-state index >= 15 is 0 Å². The first-order valence-electron chi connectivity index (χ1n) is 12.0. The van der Waals surface area contributed by atoms with Crippen LogP contribution in [0.2, 0.25) is 5.02 Å². The van der Waals surface area contributed by atoms with Crippen molar-refractivity contribution in [1.29, 1.82) is 0 Å². The first kappa shape index (κ1) is 23.9. The number of halogens is 1. The molecule has 0 saturated carbocycles. The Labute approximate surface area is 222 Å². The van der Waals surface area contributed by atoms with Crippen molar-refractivity contribution in [2.75, 3.05) is 10.2 Å². The maximum atomic E-state index is 14.0. The van der Waals surface area contributed by atoms with Crippen LogP contribution in [0.1, 0.15) is 22.7 Å². The predicted octanol–water partition coefficient (Wildman–Crippen LogP) is 4.71. The summed E-state index contributed by atoms with van der Waals surface area (Å²) in [4.78, 5) is 55.2. The first-order valence-corrected chi connectivity index (χ1v) is 12.4. The minimum absolute atomic E-state index is 0.136. The summed E-state index contributed by atoms with van der Waals surface area (Å²) in [7, 11) is 0. The molecule has 3 aromatic carbocycles. The molecule has 2 saturated heterocycles. The number of nitrogens with zero attached hydrogens (tertiary/aromatic N) is 3. The van der Waals surface area contributed by atoms with Crippen LogP contribution in [0.25, 0.3) is 6.08 Å². The molecule has 0 spiro atoms. The SMILES string of the molecule is Cc1cc([N+](=O)[O-])ccc1N1C(=O)C2C(C1=O)C1c3ccccc3C=CN1C2C(=O)Nc1ccc(Cl)cc1. The van der Waals surface area contributed by atoms with Crippen LogP contribution in [0.5, 0.6) is 0 Å². The van der Waals surface area contributed by atoms with Crippen molar-refractivity contribution in [3.63, 3.8) is 0 Å². The number of hydrogen-bond donors (Lipinski definition) is 1. The molecule has 3 aliphatic heterocycles. The summed E-state index contributed by atoms with van der Waals surface area (Å²) >= 11 is 5.98. The summed E-state index contributed by atoms with van der Waals surface area (Å²) in [5.74, 6) is -3.13. The van der Waals surface area contributed by atoms with Crippen molar-refractivity contribution in [2.24, 2.45) is 11.8 Å². The van der Waals surface area contributed by atoms with E-state index in [1.807, 2.05) is 30.3 Å². The van der Waals surface area contributed by atoms with E-state index in [1.54, 1.807) is 42.3 Å². The number of nitrogens with one attached hydrogen (secondary N) is 1. The lowest BCUT2D eigenvalue weighted by Gasteiger charge is -2.35. The largest absolute Gasteiger partial charge is 0.357 e. The van der Waals surface area contributed by atoms with Gasteiger partial charge in [0.05, 0.1) is 28.5 Å². The molecule has 1 N–H and O–H groups in total. The van der Waals surface area contributed by atoms with E-state index in [9.17, 15) is 24.5 Å². The number of imide groups is 1. The number of fused-ring (bicyclic) bond motifs is 5. The number of rotatable bonds is 4. The van der Waals surface area contributed by atoms with Gasteiger partial charge in [0.1, 0.15) is 6.04 Å². The van der Waals surface area contributed by atoms with Crippen molar-refractivity contribution in [3.05, 3.63) is 105 Å². The van der Waals surface area contributed by atoms with E-state index in [-0.39, 0.29) is 11.4 Å². The molecule has 4 unspecified atom stereocenters. The molecule has 3 aromatic rings. The molecule has 3 amide bonds. The maximum absolute atomic E-state index is 14.0. The van der Waals surface area contributed by atoms with E-state index < -0.39 is 46.6 Å². The van der Waals surface area contributed by atoms with E-state index in [2.05, 4.69) is 5.32 Å². The van der Waals surface area contributed by atoms with Crippen LogP contribution in [0.4, 0.5) is 17.1 Å². The molecule has 38 heavy (non-hydrogen) atoms. The molecule has 0 radical (unpaired) electrons. The van der Waals surface area contributed by atoms with Gasteiger partial charge in [-0.2, -0.15) is 0 Å². The zero-order valence-electron chi connectivity index (χ0n) is 20.1. The van der Waals surface area contributed by atoms with E-state index in [0.717, 1.165) is 16.0 Å². The van der Waals surface area contributed by atoms with Crippen LogP contribution >= 0.6 is 11.6 Å². The summed E-state index contributed by atoms with van der Waals surface area (Å²) in [5, 5.41) is 14.6. The highest BCUT2D eigenvalue weighted by Gasteiger charge is 2.64. The van der Waals surface area contributed by atoms with Crippen molar-refractivity contribution >= 4 is 52.5 Å². The zero-order chi connectivity index (χ0) is 26.7. The topological polar surface area (TPSA) is 113 Å². The summed E-state index contributed by atoms with van der Waals surface area (Å²) in [6.07, 6.45) is 3.65. The molecule has 4 atom stereocenters. The molecule has 0 aliphatic carbocycles. The van der Waals surface area contributed by atoms with Crippen LogP contribution < -0.4 is 10.2 Å². The van der Waals surface area contributed by atoms with Gasteiger partial charge in [0, 0.05) is 29.0 Å². The lowest BCUT2D eigenvalue weighted by molar-refractivity contribution is -0.384. The van der Waals surface area contributed by atoms with Crippen molar-refractivity contribution in [2.45, 2.75) is 19.0 Å². The number of nitro benzene ring substituents is 1. The molecule has 9 nitrogen and oxygen atoms in total. The second-order valence-electron chi connectivity index (χ2n) is 9.57. The van der Waals surface area contributed by atoms with Crippen LogP contribution in [0.3, 0.4) is 0 Å². The highest BCUT2D eigenvalue weighted by Crippen LogP contribution is 2.53. The van der Waals surface area contributed by atoms with Crippen molar-refractivity contribution in [3.8, 4) is 0 Å². The van der Waals surface area contributed by atoms with Gasteiger partial charge in [0.15, 0.2) is 0 Å². The van der Waals surface area contributed by atoms with E-state index in [0.29, 0.717) is 16.3 Å². The van der Waals surface area contributed by atoms with Gasteiger partial charge >= 0.3 is 0 Å². The molecule has 6 rings (SSSR count). The number of amides is 3. The summed E-state index contributed by atoms with van der Waals surface area (Å²) in [5.41, 5.74) is 2.85. The summed E-state index contributed by atoms with van der Waals surface area (Å²) in [6.45, 7) is 1.62.